The fourth-order valence-electron chi connectivity index (χ4n) is 2.67. The lowest BCUT2D eigenvalue weighted by atomic mass is 10.2. The number of anilines is 1. The lowest BCUT2D eigenvalue weighted by Gasteiger charge is -2.22. The average molecular weight is 406 g/mol. The number of rotatable bonds is 5. The van der Waals surface area contributed by atoms with Crippen LogP contribution in [0.5, 0.6) is 0 Å². The Morgan fingerprint density at radius 2 is 1.74 bits per heavy atom. The second-order valence-electron chi connectivity index (χ2n) is 5.87. The highest BCUT2D eigenvalue weighted by atomic mass is 32.2. The minimum absolute atomic E-state index is 0.167. The van der Waals surface area contributed by atoms with Crippen molar-refractivity contribution in [3.05, 3.63) is 60.2 Å². The van der Waals surface area contributed by atoms with Gasteiger partial charge in [-0.3, -0.25) is 9.59 Å². The van der Waals surface area contributed by atoms with Crippen LogP contribution in [-0.2, 0) is 14.8 Å². The van der Waals surface area contributed by atoms with E-state index >= 15 is 0 Å². The molecule has 0 bridgehead atoms. The lowest BCUT2D eigenvalue weighted by Crippen LogP contribution is -2.44. The predicted molar refractivity (Wildman–Crippen MR) is 105 cm³/mol. The first kappa shape index (κ1) is 19.4. The Morgan fingerprint density at radius 3 is 2.37 bits per heavy atom. The highest BCUT2D eigenvalue weighted by molar-refractivity contribution is 8.00. The van der Waals surface area contributed by atoms with Gasteiger partial charge in [0.1, 0.15) is 6.04 Å². The number of benzene rings is 2. The fraction of sp³-hybridized carbons (Fsp3) is 0.222. The Kier molecular flexibility index (Phi) is 5.83. The fourth-order valence-corrected chi connectivity index (χ4v) is 5.84. The first-order valence-electron chi connectivity index (χ1n) is 8.21. The van der Waals surface area contributed by atoms with Crippen molar-refractivity contribution in [3.8, 4) is 0 Å². The van der Waals surface area contributed by atoms with E-state index in [-0.39, 0.29) is 16.7 Å². The molecular weight excluding hydrogens is 386 g/mol. The summed E-state index contributed by atoms with van der Waals surface area (Å²) in [6, 6.07) is 13.7. The summed E-state index contributed by atoms with van der Waals surface area (Å²) in [5, 5.41) is 5.25. The van der Waals surface area contributed by atoms with Crippen molar-refractivity contribution in [2.45, 2.75) is 10.9 Å². The predicted octanol–water partition coefficient (Wildman–Crippen LogP) is 1.75. The van der Waals surface area contributed by atoms with Gasteiger partial charge in [0.25, 0.3) is 5.91 Å². The summed E-state index contributed by atoms with van der Waals surface area (Å²) in [4.78, 5) is 24.4. The minimum Gasteiger partial charge on any atom is -0.355 e. The van der Waals surface area contributed by atoms with Gasteiger partial charge in [0.15, 0.2) is 0 Å². The van der Waals surface area contributed by atoms with Gasteiger partial charge in [-0.2, -0.15) is 4.31 Å². The number of carbonyl (C=O) groups is 2. The molecule has 1 unspecified atom stereocenters. The molecule has 9 heteroatoms. The van der Waals surface area contributed by atoms with Crippen LogP contribution >= 0.6 is 11.8 Å². The highest BCUT2D eigenvalue weighted by Gasteiger charge is 2.39. The molecule has 1 aliphatic rings. The third-order valence-electron chi connectivity index (χ3n) is 4.14. The second-order valence-corrected chi connectivity index (χ2v) is 8.76. The average Bonchev–Trinajstić information content (AvgIpc) is 3.19. The molecule has 1 aliphatic heterocycles. The molecule has 3 rings (SSSR count). The number of carbonyl (C=O) groups excluding carboxylic acids is 2. The molecule has 0 saturated carbocycles. The monoisotopic (exact) mass is 405 g/mol. The van der Waals surface area contributed by atoms with Gasteiger partial charge in [0, 0.05) is 24.1 Å². The Labute approximate surface area is 162 Å². The molecule has 0 spiro atoms. The number of sulfonamides is 1. The van der Waals surface area contributed by atoms with E-state index in [2.05, 4.69) is 10.6 Å². The third-order valence-corrected chi connectivity index (χ3v) is 7.18. The number of nitrogens with zero attached hydrogens (tertiary/aromatic N) is 1. The Bertz CT molecular complexity index is 931. The molecule has 2 N–H and O–H groups in total. The molecule has 2 aromatic rings. The number of hydrogen-bond donors (Lipinski definition) is 2. The van der Waals surface area contributed by atoms with Gasteiger partial charge in [0.05, 0.1) is 10.8 Å². The second kappa shape index (κ2) is 8.12. The summed E-state index contributed by atoms with van der Waals surface area (Å²) in [6.07, 6.45) is 0. The van der Waals surface area contributed by atoms with Gasteiger partial charge in [-0.25, -0.2) is 8.42 Å². The molecule has 1 atom stereocenters. The maximum atomic E-state index is 12.8. The zero-order chi connectivity index (χ0) is 19.4. The maximum Gasteiger partial charge on any atom is 0.251 e. The number of hydrogen-bond acceptors (Lipinski definition) is 5. The van der Waals surface area contributed by atoms with Gasteiger partial charge in [0.2, 0.25) is 15.9 Å². The molecule has 0 aromatic heterocycles. The summed E-state index contributed by atoms with van der Waals surface area (Å²) in [5.41, 5.74) is 0.974. The smallest absolute Gasteiger partial charge is 0.251 e. The molecule has 142 valence electrons. The standard InChI is InChI=1S/C18H19N3O4S2/c1-19-17(22)13-7-9-14(10-8-13)20-18(23)16-11-26-12-21(16)27(24,25)15-5-3-2-4-6-15/h2-10,16H,11-12H2,1H3,(H,19,22)(H,20,23). The molecule has 1 saturated heterocycles. The normalized spacial score (nSPS) is 17.4. The molecule has 7 nitrogen and oxygen atoms in total. The van der Waals surface area contributed by atoms with Crippen molar-refractivity contribution in [2.24, 2.45) is 0 Å². The van der Waals surface area contributed by atoms with Crippen LogP contribution in [-0.4, -0.2) is 49.3 Å². The highest BCUT2D eigenvalue weighted by Crippen LogP contribution is 2.29. The molecule has 1 heterocycles. The first-order chi connectivity index (χ1) is 12.9. The van der Waals surface area contributed by atoms with Crippen LogP contribution in [0.2, 0.25) is 0 Å². The van der Waals surface area contributed by atoms with E-state index in [1.807, 2.05) is 0 Å². The van der Waals surface area contributed by atoms with Gasteiger partial charge in [-0.15, -0.1) is 11.8 Å². The number of nitrogens with one attached hydrogen (secondary N) is 2. The third kappa shape index (κ3) is 4.15. The van der Waals surface area contributed by atoms with E-state index < -0.39 is 22.0 Å². The maximum absolute atomic E-state index is 12.8. The molecule has 1 fully saturated rings. The van der Waals surface area contributed by atoms with E-state index in [0.29, 0.717) is 17.0 Å². The summed E-state index contributed by atoms with van der Waals surface area (Å²) in [7, 11) is -2.21. The van der Waals surface area contributed by atoms with E-state index in [1.54, 1.807) is 42.5 Å². The molecule has 2 amide bonds. The minimum atomic E-state index is -3.75. The van der Waals surface area contributed by atoms with Crippen molar-refractivity contribution in [1.82, 2.24) is 9.62 Å². The zero-order valence-electron chi connectivity index (χ0n) is 14.6. The van der Waals surface area contributed by atoms with Crippen molar-refractivity contribution in [1.29, 1.82) is 0 Å². The summed E-state index contributed by atoms with van der Waals surface area (Å²) < 4.78 is 26.9. The molecule has 0 aliphatic carbocycles. The van der Waals surface area contributed by atoms with E-state index in [0.717, 1.165) is 0 Å². The van der Waals surface area contributed by atoms with Gasteiger partial charge < -0.3 is 10.6 Å². The molecular formula is C18H19N3O4S2. The van der Waals surface area contributed by atoms with Gasteiger partial charge in [-0.05, 0) is 36.4 Å². The first-order valence-corrected chi connectivity index (χ1v) is 10.8. The van der Waals surface area contributed by atoms with Crippen LogP contribution in [0.4, 0.5) is 5.69 Å². The van der Waals surface area contributed by atoms with Gasteiger partial charge >= 0.3 is 0 Å². The van der Waals surface area contributed by atoms with Crippen LogP contribution in [0.15, 0.2) is 59.5 Å². The Balaban J connectivity index is 1.75. The molecule has 27 heavy (non-hydrogen) atoms. The topological polar surface area (TPSA) is 95.6 Å². The number of thioether (sulfide) groups is 1. The van der Waals surface area contributed by atoms with Crippen LogP contribution in [0.3, 0.4) is 0 Å². The Hall–Kier alpha value is -2.36. The molecule has 2 aromatic carbocycles. The van der Waals surface area contributed by atoms with Crippen molar-refractivity contribution >= 4 is 39.3 Å². The van der Waals surface area contributed by atoms with Crippen molar-refractivity contribution in [3.63, 3.8) is 0 Å². The molecule has 0 radical (unpaired) electrons. The lowest BCUT2D eigenvalue weighted by molar-refractivity contribution is -0.118. The van der Waals surface area contributed by atoms with E-state index in [1.165, 1.54) is 35.2 Å². The van der Waals surface area contributed by atoms with Crippen LogP contribution in [0, 0.1) is 0 Å². The van der Waals surface area contributed by atoms with Crippen LogP contribution in [0.1, 0.15) is 10.4 Å². The largest absolute Gasteiger partial charge is 0.355 e. The quantitative estimate of drug-likeness (QED) is 0.790. The van der Waals surface area contributed by atoms with E-state index in [9.17, 15) is 18.0 Å². The Morgan fingerprint density at radius 1 is 1.07 bits per heavy atom. The van der Waals surface area contributed by atoms with Crippen molar-refractivity contribution < 1.29 is 18.0 Å². The summed E-state index contributed by atoms with van der Waals surface area (Å²) >= 11 is 1.39. The van der Waals surface area contributed by atoms with Crippen LogP contribution in [0.25, 0.3) is 0 Å². The summed E-state index contributed by atoms with van der Waals surface area (Å²) in [5.74, 6) is -0.00789. The van der Waals surface area contributed by atoms with Crippen LogP contribution < -0.4 is 10.6 Å². The zero-order valence-corrected chi connectivity index (χ0v) is 16.2. The number of amides is 2. The van der Waals surface area contributed by atoms with Gasteiger partial charge in [-0.1, -0.05) is 18.2 Å². The van der Waals surface area contributed by atoms with Crippen molar-refractivity contribution in [2.75, 3.05) is 24.0 Å². The summed E-state index contributed by atoms with van der Waals surface area (Å²) in [6.45, 7) is 0. The SMILES string of the molecule is CNC(=O)c1ccc(NC(=O)C2CSCN2S(=O)(=O)c2ccccc2)cc1. The van der Waals surface area contributed by atoms with E-state index in [4.69, 9.17) is 0 Å².